The molecular weight excluding hydrogens is 322 g/mol. The number of hydrogen-bond donors (Lipinski definition) is 3. The number of nitro benzene ring substituents is 1. The van der Waals surface area contributed by atoms with E-state index >= 15 is 0 Å². The molecule has 0 aliphatic rings. The summed E-state index contributed by atoms with van der Waals surface area (Å²) in [6.45, 7) is 0.589. The molecule has 0 aliphatic carbocycles. The predicted octanol–water partition coefficient (Wildman–Crippen LogP) is 3.30. The number of para-hydroxylation sites is 2. The van der Waals surface area contributed by atoms with Gasteiger partial charge >= 0.3 is 0 Å². The van der Waals surface area contributed by atoms with Gasteiger partial charge in [0.1, 0.15) is 0 Å². The van der Waals surface area contributed by atoms with Crippen molar-refractivity contribution in [2.24, 2.45) is 0 Å². The smallest absolute Gasteiger partial charge is 0.269 e. The van der Waals surface area contributed by atoms with Crippen LogP contribution in [-0.2, 0) is 4.79 Å². The summed E-state index contributed by atoms with van der Waals surface area (Å²) >= 11 is 0. The maximum Gasteiger partial charge on any atom is 0.269 e. The number of amides is 1. The number of nitro groups is 1. The number of benzene rings is 2. The minimum absolute atomic E-state index is 0.0516. The van der Waals surface area contributed by atoms with Gasteiger partial charge in [0.05, 0.1) is 16.0 Å². The molecule has 1 heterocycles. The minimum atomic E-state index is -0.438. The van der Waals surface area contributed by atoms with Crippen molar-refractivity contribution >= 4 is 34.3 Å². The number of nitrogens with one attached hydrogen (secondary N) is 3. The Morgan fingerprint density at radius 3 is 2.64 bits per heavy atom. The van der Waals surface area contributed by atoms with Crippen molar-refractivity contribution in [1.29, 1.82) is 0 Å². The highest BCUT2D eigenvalue weighted by Crippen LogP contribution is 2.16. The van der Waals surface area contributed by atoms with Gasteiger partial charge in [-0.1, -0.05) is 12.1 Å². The molecule has 3 rings (SSSR count). The predicted molar refractivity (Wildman–Crippen MR) is 95.5 cm³/mol. The van der Waals surface area contributed by atoms with Crippen LogP contribution >= 0.6 is 0 Å². The molecule has 8 nitrogen and oxygen atoms in total. The highest BCUT2D eigenvalue weighted by Gasteiger charge is 2.07. The Labute approximate surface area is 143 Å². The second-order valence-electron chi connectivity index (χ2n) is 5.49. The first kappa shape index (κ1) is 16.4. The van der Waals surface area contributed by atoms with Gasteiger partial charge in [-0.2, -0.15) is 0 Å². The van der Waals surface area contributed by atoms with Crippen LogP contribution in [0.3, 0.4) is 0 Å². The van der Waals surface area contributed by atoms with Crippen LogP contribution in [0.2, 0.25) is 0 Å². The Morgan fingerprint density at radius 2 is 1.92 bits per heavy atom. The van der Waals surface area contributed by atoms with Crippen molar-refractivity contribution in [1.82, 2.24) is 9.97 Å². The summed E-state index contributed by atoms with van der Waals surface area (Å²) in [6, 6.07) is 13.7. The Bertz CT molecular complexity index is 856. The van der Waals surface area contributed by atoms with E-state index in [0.717, 1.165) is 16.7 Å². The Kier molecular flexibility index (Phi) is 4.89. The standard InChI is InChI=1S/C17H17N5O3/c23-16(21-17-19-14-4-1-2-5-15(14)20-17)6-3-11-18-12-7-9-13(10-8-12)22(24)25/h1-2,4-5,7-10,18H,3,6,11H2,(H2,19,20,21,23). The van der Waals surface area contributed by atoms with Crippen molar-refractivity contribution in [2.75, 3.05) is 17.2 Å². The van der Waals surface area contributed by atoms with Crippen LogP contribution in [0.4, 0.5) is 17.3 Å². The highest BCUT2D eigenvalue weighted by atomic mass is 16.6. The summed E-state index contributed by atoms with van der Waals surface area (Å²) in [5.74, 6) is 0.319. The number of fused-ring (bicyclic) bond motifs is 1. The Hall–Kier alpha value is -3.42. The fourth-order valence-electron chi connectivity index (χ4n) is 2.39. The highest BCUT2D eigenvalue weighted by molar-refractivity contribution is 5.91. The van der Waals surface area contributed by atoms with E-state index in [0.29, 0.717) is 25.3 Å². The lowest BCUT2D eigenvalue weighted by atomic mass is 10.2. The number of aromatic amines is 1. The monoisotopic (exact) mass is 339 g/mol. The van der Waals surface area contributed by atoms with Crippen molar-refractivity contribution in [3.05, 3.63) is 58.6 Å². The zero-order chi connectivity index (χ0) is 17.6. The van der Waals surface area contributed by atoms with E-state index in [1.165, 1.54) is 12.1 Å². The van der Waals surface area contributed by atoms with Crippen LogP contribution in [0.1, 0.15) is 12.8 Å². The summed E-state index contributed by atoms with van der Waals surface area (Å²) in [6.07, 6.45) is 0.972. The van der Waals surface area contributed by atoms with Crippen molar-refractivity contribution in [3.63, 3.8) is 0 Å². The number of aromatic nitrogens is 2. The fraction of sp³-hybridized carbons (Fsp3) is 0.176. The summed E-state index contributed by atoms with van der Waals surface area (Å²) < 4.78 is 0. The number of imidazole rings is 1. The maximum absolute atomic E-state index is 11.9. The van der Waals surface area contributed by atoms with Gasteiger partial charge in [0.15, 0.2) is 0 Å². The van der Waals surface area contributed by atoms with E-state index < -0.39 is 4.92 Å². The van der Waals surface area contributed by atoms with Gasteiger partial charge in [0.2, 0.25) is 11.9 Å². The largest absolute Gasteiger partial charge is 0.385 e. The molecule has 0 spiro atoms. The van der Waals surface area contributed by atoms with Crippen LogP contribution in [0, 0.1) is 10.1 Å². The number of non-ortho nitro benzene ring substituents is 1. The van der Waals surface area contributed by atoms with Gasteiger partial charge in [-0.25, -0.2) is 4.98 Å². The van der Waals surface area contributed by atoms with E-state index in [4.69, 9.17) is 0 Å². The van der Waals surface area contributed by atoms with Crippen LogP contribution in [0.25, 0.3) is 11.0 Å². The van der Waals surface area contributed by atoms with E-state index in [9.17, 15) is 14.9 Å². The molecule has 3 N–H and O–H groups in total. The fourth-order valence-corrected chi connectivity index (χ4v) is 2.39. The molecule has 0 aliphatic heterocycles. The lowest BCUT2D eigenvalue weighted by Crippen LogP contribution is -2.14. The first-order chi connectivity index (χ1) is 12.1. The lowest BCUT2D eigenvalue weighted by molar-refractivity contribution is -0.384. The molecule has 0 atom stereocenters. The van der Waals surface area contributed by atoms with E-state index in [1.807, 2.05) is 24.3 Å². The van der Waals surface area contributed by atoms with Crippen LogP contribution in [-0.4, -0.2) is 27.3 Å². The van der Waals surface area contributed by atoms with Crippen LogP contribution in [0.15, 0.2) is 48.5 Å². The number of nitrogens with zero attached hydrogens (tertiary/aromatic N) is 2. The number of rotatable bonds is 7. The topological polar surface area (TPSA) is 113 Å². The van der Waals surface area contributed by atoms with Crippen molar-refractivity contribution in [3.8, 4) is 0 Å². The third kappa shape index (κ3) is 4.31. The normalized spacial score (nSPS) is 10.6. The molecule has 25 heavy (non-hydrogen) atoms. The summed E-state index contributed by atoms with van der Waals surface area (Å²) in [5, 5.41) is 16.5. The number of anilines is 2. The maximum atomic E-state index is 11.9. The number of hydrogen-bond acceptors (Lipinski definition) is 5. The molecular formula is C17H17N5O3. The number of carbonyl (C=O) groups excluding carboxylic acids is 1. The lowest BCUT2D eigenvalue weighted by Gasteiger charge is -2.06. The molecule has 2 aromatic carbocycles. The quantitative estimate of drug-likeness (QED) is 0.347. The van der Waals surface area contributed by atoms with Gasteiger partial charge < -0.3 is 10.3 Å². The SMILES string of the molecule is O=C(CCCNc1ccc([N+](=O)[O-])cc1)Nc1nc2ccccc2[nH]1. The van der Waals surface area contributed by atoms with Crippen LogP contribution in [0.5, 0.6) is 0 Å². The second-order valence-corrected chi connectivity index (χ2v) is 5.49. The molecule has 3 aromatic rings. The second kappa shape index (κ2) is 7.43. The van der Waals surface area contributed by atoms with Crippen LogP contribution < -0.4 is 10.6 Å². The summed E-state index contributed by atoms with van der Waals surface area (Å²) in [5.41, 5.74) is 2.51. The molecule has 0 fully saturated rings. The van der Waals surface area contributed by atoms with E-state index in [-0.39, 0.29) is 11.6 Å². The van der Waals surface area contributed by atoms with Gasteiger partial charge in [0, 0.05) is 30.8 Å². The summed E-state index contributed by atoms with van der Waals surface area (Å²) in [7, 11) is 0. The van der Waals surface area contributed by atoms with Crippen molar-refractivity contribution in [2.45, 2.75) is 12.8 Å². The molecule has 0 saturated heterocycles. The third-order valence-electron chi connectivity index (χ3n) is 3.64. The molecule has 0 radical (unpaired) electrons. The zero-order valence-electron chi connectivity index (χ0n) is 13.4. The van der Waals surface area contributed by atoms with Crippen molar-refractivity contribution < 1.29 is 9.72 Å². The van der Waals surface area contributed by atoms with Gasteiger partial charge in [-0.15, -0.1) is 0 Å². The first-order valence-corrected chi connectivity index (χ1v) is 7.85. The van der Waals surface area contributed by atoms with E-state index in [1.54, 1.807) is 12.1 Å². The molecule has 1 amide bonds. The minimum Gasteiger partial charge on any atom is -0.385 e. The van der Waals surface area contributed by atoms with E-state index in [2.05, 4.69) is 20.6 Å². The van der Waals surface area contributed by atoms with Gasteiger partial charge in [-0.05, 0) is 30.7 Å². The molecule has 0 bridgehead atoms. The average Bonchev–Trinajstić information content (AvgIpc) is 3.01. The molecule has 128 valence electrons. The average molecular weight is 339 g/mol. The summed E-state index contributed by atoms with van der Waals surface area (Å²) in [4.78, 5) is 29.4. The molecule has 8 heteroatoms. The Morgan fingerprint density at radius 1 is 1.16 bits per heavy atom. The molecule has 1 aromatic heterocycles. The Balaban J connectivity index is 1.42. The zero-order valence-corrected chi connectivity index (χ0v) is 13.4. The molecule has 0 unspecified atom stereocenters. The van der Waals surface area contributed by atoms with Gasteiger partial charge in [0.25, 0.3) is 5.69 Å². The first-order valence-electron chi connectivity index (χ1n) is 7.85. The molecule has 0 saturated carbocycles. The third-order valence-corrected chi connectivity index (χ3v) is 3.64. The number of carbonyl (C=O) groups is 1. The number of H-pyrrole nitrogens is 1. The van der Waals surface area contributed by atoms with Gasteiger partial charge in [-0.3, -0.25) is 20.2 Å².